The second-order valence-corrected chi connectivity index (χ2v) is 6.36. The van der Waals surface area contributed by atoms with Gasteiger partial charge in [0.15, 0.2) is 5.82 Å². The molecule has 0 amide bonds. The molecule has 0 radical (unpaired) electrons. The normalized spacial score (nSPS) is 19.0. The number of nitrogens with one attached hydrogen (secondary N) is 1. The van der Waals surface area contributed by atoms with Gasteiger partial charge in [-0.1, -0.05) is 12.1 Å². The molecule has 4 rings (SSSR count). The first kappa shape index (κ1) is 14.5. The van der Waals surface area contributed by atoms with Crippen LogP contribution in [0.15, 0.2) is 30.5 Å². The van der Waals surface area contributed by atoms with E-state index in [9.17, 15) is 0 Å². The monoisotopic (exact) mass is 309 g/mol. The summed E-state index contributed by atoms with van der Waals surface area (Å²) in [6.45, 7) is 7.24. The van der Waals surface area contributed by atoms with E-state index in [1.165, 1.54) is 22.9 Å². The second-order valence-electron chi connectivity index (χ2n) is 6.36. The summed E-state index contributed by atoms with van der Waals surface area (Å²) >= 11 is 0. The number of benzene rings is 1. The van der Waals surface area contributed by atoms with Crippen LogP contribution >= 0.6 is 0 Å². The van der Waals surface area contributed by atoms with Crippen molar-refractivity contribution < 1.29 is 0 Å². The van der Waals surface area contributed by atoms with Gasteiger partial charge in [-0.05, 0) is 50.9 Å². The van der Waals surface area contributed by atoms with Gasteiger partial charge in [-0.25, -0.2) is 4.98 Å². The highest BCUT2D eigenvalue weighted by Crippen LogP contribution is 2.32. The topological polar surface area (TPSA) is 49.7 Å². The predicted molar refractivity (Wildman–Crippen MR) is 91.1 cm³/mol. The largest absolute Gasteiger partial charge is 0.348 e. The summed E-state index contributed by atoms with van der Waals surface area (Å²) in [5.74, 6) is 1.84. The first-order chi connectivity index (χ1) is 11.3. The fraction of sp³-hybridized carbons (Fsp3) is 0.444. The van der Waals surface area contributed by atoms with E-state index in [1.807, 2.05) is 6.92 Å². The van der Waals surface area contributed by atoms with Gasteiger partial charge in [-0.3, -0.25) is 10.00 Å². The van der Waals surface area contributed by atoms with E-state index < -0.39 is 0 Å². The minimum atomic E-state index is 0.337. The first-order valence-corrected chi connectivity index (χ1v) is 8.46. The molecule has 1 fully saturated rings. The average molecular weight is 309 g/mol. The zero-order chi connectivity index (χ0) is 15.8. The number of hydrogen-bond acceptors (Lipinski definition) is 3. The van der Waals surface area contributed by atoms with Gasteiger partial charge in [0.2, 0.25) is 0 Å². The maximum absolute atomic E-state index is 4.55. The summed E-state index contributed by atoms with van der Waals surface area (Å²) in [6.07, 6.45) is 4.54. The number of rotatable bonds is 4. The second kappa shape index (κ2) is 5.81. The Morgan fingerprint density at radius 3 is 3.00 bits per heavy atom. The molecule has 1 N–H and O–H groups in total. The van der Waals surface area contributed by atoms with Crippen LogP contribution in [-0.4, -0.2) is 31.2 Å². The molecule has 23 heavy (non-hydrogen) atoms. The van der Waals surface area contributed by atoms with Crippen molar-refractivity contribution in [1.29, 1.82) is 0 Å². The zero-order valence-corrected chi connectivity index (χ0v) is 13.8. The first-order valence-electron chi connectivity index (χ1n) is 8.46. The highest BCUT2D eigenvalue weighted by atomic mass is 15.3. The summed E-state index contributed by atoms with van der Waals surface area (Å²) in [6, 6.07) is 9.22. The Kier molecular flexibility index (Phi) is 3.65. The van der Waals surface area contributed by atoms with Crippen molar-refractivity contribution in [3.63, 3.8) is 0 Å². The Bertz CT molecular complexity index is 816. The molecule has 5 heteroatoms. The molecular weight excluding hydrogens is 286 g/mol. The molecule has 1 aliphatic heterocycles. The smallest absolute Gasteiger partial charge is 0.167 e. The molecule has 0 saturated carbocycles. The Morgan fingerprint density at radius 2 is 2.22 bits per heavy atom. The van der Waals surface area contributed by atoms with E-state index in [2.05, 4.69) is 62.0 Å². The van der Waals surface area contributed by atoms with Crippen LogP contribution in [0.3, 0.4) is 0 Å². The van der Waals surface area contributed by atoms with Crippen molar-refractivity contribution in [1.82, 2.24) is 24.6 Å². The number of aromatic amines is 1. The Hall–Kier alpha value is -2.14. The molecule has 0 bridgehead atoms. The van der Waals surface area contributed by atoms with Gasteiger partial charge in [0.1, 0.15) is 5.82 Å². The molecule has 5 nitrogen and oxygen atoms in total. The Labute approximate surface area is 136 Å². The van der Waals surface area contributed by atoms with E-state index in [0.717, 1.165) is 37.7 Å². The molecule has 3 heterocycles. The van der Waals surface area contributed by atoms with Crippen LogP contribution in [-0.2, 0) is 13.1 Å². The van der Waals surface area contributed by atoms with Crippen molar-refractivity contribution in [3.8, 4) is 0 Å². The summed E-state index contributed by atoms with van der Waals surface area (Å²) < 4.78 is 2.30. The molecule has 0 spiro atoms. The lowest BCUT2D eigenvalue weighted by molar-refractivity contribution is 0.241. The highest BCUT2D eigenvalue weighted by molar-refractivity contribution is 5.83. The third kappa shape index (κ3) is 2.55. The molecule has 0 aliphatic carbocycles. The number of fused-ring (bicyclic) bond motifs is 1. The Balaban J connectivity index is 1.63. The van der Waals surface area contributed by atoms with Gasteiger partial charge in [0.25, 0.3) is 0 Å². The summed E-state index contributed by atoms with van der Waals surface area (Å²) in [5.41, 5.74) is 2.73. The number of H-pyrrole nitrogens is 1. The van der Waals surface area contributed by atoms with Gasteiger partial charge < -0.3 is 4.57 Å². The third-order valence-electron chi connectivity index (χ3n) is 4.89. The van der Waals surface area contributed by atoms with Crippen molar-refractivity contribution in [2.45, 2.75) is 45.8 Å². The van der Waals surface area contributed by atoms with Gasteiger partial charge >= 0.3 is 0 Å². The molecule has 120 valence electrons. The number of aryl methyl sites for hydroxylation is 2. The van der Waals surface area contributed by atoms with E-state index in [4.69, 9.17) is 0 Å². The van der Waals surface area contributed by atoms with Crippen molar-refractivity contribution in [2.75, 3.05) is 6.54 Å². The summed E-state index contributed by atoms with van der Waals surface area (Å²) in [4.78, 5) is 7.07. The van der Waals surface area contributed by atoms with Gasteiger partial charge in [-0.15, -0.1) is 0 Å². The van der Waals surface area contributed by atoms with Gasteiger partial charge in [-0.2, -0.15) is 5.10 Å². The minimum Gasteiger partial charge on any atom is -0.348 e. The molecule has 1 aromatic carbocycles. The van der Waals surface area contributed by atoms with Crippen LogP contribution in [0.4, 0.5) is 0 Å². The van der Waals surface area contributed by atoms with Crippen LogP contribution in [0, 0.1) is 6.92 Å². The summed E-state index contributed by atoms with van der Waals surface area (Å²) in [7, 11) is 0. The quantitative estimate of drug-likeness (QED) is 0.803. The lowest BCUT2D eigenvalue weighted by atomic mass is 10.1. The number of aromatic nitrogens is 4. The van der Waals surface area contributed by atoms with Crippen molar-refractivity contribution >= 4 is 10.9 Å². The van der Waals surface area contributed by atoms with Gasteiger partial charge in [0, 0.05) is 30.2 Å². The fourth-order valence-electron chi connectivity index (χ4n) is 3.74. The highest BCUT2D eigenvalue weighted by Gasteiger charge is 2.29. The van der Waals surface area contributed by atoms with Crippen LogP contribution in [0.2, 0.25) is 0 Å². The molecule has 0 unspecified atom stereocenters. The van der Waals surface area contributed by atoms with Crippen molar-refractivity contribution in [3.05, 3.63) is 47.7 Å². The van der Waals surface area contributed by atoms with E-state index in [0.29, 0.717) is 6.04 Å². The number of nitrogens with zero attached hydrogens (tertiary/aromatic N) is 4. The van der Waals surface area contributed by atoms with Gasteiger partial charge in [0.05, 0.1) is 6.04 Å². The average Bonchev–Trinajstić information content (AvgIpc) is 3.26. The fourth-order valence-corrected chi connectivity index (χ4v) is 3.74. The van der Waals surface area contributed by atoms with Crippen LogP contribution in [0.25, 0.3) is 10.9 Å². The van der Waals surface area contributed by atoms with E-state index >= 15 is 0 Å². The van der Waals surface area contributed by atoms with Crippen molar-refractivity contribution in [2.24, 2.45) is 0 Å². The van der Waals surface area contributed by atoms with Crippen LogP contribution in [0.5, 0.6) is 0 Å². The molecule has 1 aliphatic rings. The maximum atomic E-state index is 4.55. The summed E-state index contributed by atoms with van der Waals surface area (Å²) in [5, 5.41) is 8.73. The number of likely N-dealkylation sites (tertiary alicyclic amines) is 1. The van der Waals surface area contributed by atoms with Crippen LogP contribution in [0.1, 0.15) is 43.0 Å². The molecule has 1 atom stereocenters. The number of hydrogen-bond donors (Lipinski definition) is 1. The standard InChI is InChI=1S/C18H23N5/c1-3-22-11-9-15-14(6-4-7-16(15)22)12-23-10-5-8-17(23)18-19-13(2)20-21-18/h4,6-7,9,11,17H,3,5,8,10,12H2,1-2H3,(H,19,20,21)/t17-/m1/s1. The minimum absolute atomic E-state index is 0.337. The maximum Gasteiger partial charge on any atom is 0.167 e. The molecule has 3 aromatic rings. The Morgan fingerprint density at radius 1 is 1.30 bits per heavy atom. The molecule has 1 saturated heterocycles. The SMILES string of the molecule is CCn1ccc2c(CN3CCC[C@@H]3c3n[nH]c(C)n3)cccc21. The predicted octanol–water partition coefficient (Wildman–Crippen LogP) is 3.42. The van der Waals surface area contributed by atoms with Crippen LogP contribution < -0.4 is 0 Å². The lowest BCUT2D eigenvalue weighted by Crippen LogP contribution is -2.23. The van der Waals surface area contributed by atoms with E-state index in [-0.39, 0.29) is 0 Å². The van der Waals surface area contributed by atoms with E-state index in [1.54, 1.807) is 0 Å². The molecular formula is C18H23N5. The zero-order valence-electron chi connectivity index (χ0n) is 13.8. The lowest BCUT2D eigenvalue weighted by Gasteiger charge is -2.22. The molecule has 2 aromatic heterocycles. The third-order valence-corrected chi connectivity index (χ3v) is 4.89.